The molecule has 2 amide bonds. The number of thioether (sulfide) groups is 1. The quantitative estimate of drug-likeness (QED) is 0.832. The fourth-order valence-corrected chi connectivity index (χ4v) is 4.75. The second kappa shape index (κ2) is 8.58. The summed E-state index contributed by atoms with van der Waals surface area (Å²) in [6, 6.07) is 7.57. The van der Waals surface area contributed by atoms with E-state index >= 15 is 0 Å². The standard InChI is InChI=1S/C16H24N2O2S2/c1-12(11-22(2)20)17-16(19)18-14-9-5-6-10-15(14)21-13-7-3-4-8-13/h5-6,9-10,12-13H,3-4,7-8,11H2,1-2H3,(H2,17,18,19). The molecule has 0 spiro atoms. The first-order chi connectivity index (χ1) is 10.5. The molecule has 1 fully saturated rings. The zero-order valence-electron chi connectivity index (χ0n) is 13.1. The van der Waals surface area contributed by atoms with E-state index in [0.717, 1.165) is 10.6 Å². The Hall–Kier alpha value is -1.01. The molecule has 6 heteroatoms. The lowest BCUT2D eigenvalue weighted by molar-refractivity contribution is 0.250. The molecule has 1 aromatic rings. The minimum atomic E-state index is -0.913. The van der Waals surface area contributed by atoms with Gasteiger partial charge in [-0.25, -0.2) is 4.79 Å². The molecule has 0 heterocycles. The molecule has 4 nitrogen and oxygen atoms in total. The van der Waals surface area contributed by atoms with E-state index in [2.05, 4.69) is 16.7 Å². The molecule has 0 radical (unpaired) electrons. The van der Waals surface area contributed by atoms with E-state index < -0.39 is 10.8 Å². The normalized spacial score (nSPS) is 17.9. The van der Waals surface area contributed by atoms with E-state index in [0.29, 0.717) is 11.0 Å². The molecule has 22 heavy (non-hydrogen) atoms. The van der Waals surface area contributed by atoms with Crippen molar-refractivity contribution in [3.8, 4) is 0 Å². The first-order valence-electron chi connectivity index (χ1n) is 7.68. The van der Waals surface area contributed by atoms with Crippen molar-refractivity contribution in [3.63, 3.8) is 0 Å². The number of benzene rings is 1. The number of hydrogen-bond acceptors (Lipinski definition) is 3. The molecule has 0 bridgehead atoms. The minimum Gasteiger partial charge on any atom is -0.334 e. The fourth-order valence-electron chi connectivity index (χ4n) is 2.63. The number of hydrogen-bond donors (Lipinski definition) is 2. The number of amides is 2. The van der Waals surface area contributed by atoms with Gasteiger partial charge in [0.15, 0.2) is 0 Å². The lowest BCUT2D eigenvalue weighted by Gasteiger charge is -2.16. The molecule has 0 aromatic heterocycles. The molecule has 1 aliphatic rings. The second-order valence-electron chi connectivity index (χ2n) is 5.76. The Labute approximate surface area is 139 Å². The van der Waals surface area contributed by atoms with Gasteiger partial charge in [-0.1, -0.05) is 25.0 Å². The zero-order chi connectivity index (χ0) is 15.9. The third-order valence-corrected chi connectivity index (χ3v) is 5.98. The van der Waals surface area contributed by atoms with Crippen molar-refractivity contribution in [2.24, 2.45) is 0 Å². The van der Waals surface area contributed by atoms with Crippen LogP contribution in [0.5, 0.6) is 0 Å². The molecule has 0 aliphatic heterocycles. The maximum atomic E-state index is 12.1. The Balaban J connectivity index is 1.93. The Kier molecular flexibility index (Phi) is 6.76. The Bertz CT molecular complexity index is 531. The molecular formula is C16H24N2O2S2. The van der Waals surface area contributed by atoms with E-state index in [9.17, 15) is 9.00 Å². The van der Waals surface area contributed by atoms with Crippen LogP contribution in [0.4, 0.5) is 10.5 Å². The maximum Gasteiger partial charge on any atom is 0.319 e. The van der Waals surface area contributed by atoms with E-state index in [-0.39, 0.29) is 12.1 Å². The van der Waals surface area contributed by atoms with Crippen LogP contribution in [0.25, 0.3) is 0 Å². The molecule has 1 saturated carbocycles. The van der Waals surface area contributed by atoms with Gasteiger partial charge >= 0.3 is 6.03 Å². The monoisotopic (exact) mass is 340 g/mol. The number of carbonyl (C=O) groups is 1. The van der Waals surface area contributed by atoms with Crippen LogP contribution in [-0.2, 0) is 10.8 Å². The van der Waals surface area contributed by atoms with Crippen molar-refractivity contribution in [1.82, 2.24) is 5.32 Å². The fraction of sp³-hybridized carbons (Fsp3) is 0.562. The number of rotatable bonds is 6. The first kappa shape index (κ1) is 17.3. The Morgan fingerprint density at radius 3 is 2.73 bits per heavy atom. The van der Waals surface area contributed by atoms with Crippen LogP contribution in [0.15, 0.2) is 29.2 Å². The summed E-state index contributed by atoms with van der Waals surface area (Å²) >= 11 is 1.86. The van der Waals surface area contributed by atoms with Gasteiger partial charge < -0.3 is 10.6 Å². The third kappa shape index (κ3) is 5.65. The highest BCUT2D eigenvalue weighted by molar-refractivity contribution is 8.00. The van der Waals surface area contributed by atoms with E-state index in [1.807, 2.05) is 36.9 Å². The molecule has 2 N–H and O–H groups in total. The number of anilines is 1. The van der Waals surface area contributed by atoms with Crippen molar-refractivity contribution in [3.05, 3.63) is 24.3 Å². The molecule has 2 rings (SSSR count). The Morgan fingerprint density at radius 2 is 2.05 bits per heavy atom. The molecule has 2 atom stereocenters. The zero-order valence-corrected chi connectivity index (χ0v) is 14.8. The molecule has 2 unspecified atom stereocenters. The van der Waals surface area contributed by atoms with Crippen LogP contribution in [0, 0.1) is 0 Å². The van der Waals surface area contributed by atoms with Crippen LogP contribution < -0.4 is 10.6 Å². The topological polar surface area (TPSA) is 58.2 Å². The number of urea groups is 1. The van der Waals surface area contributed by atoms with Crippen LogP contribution in [0.1, 0.15) is 32.6 Å². The number of carbonyl (C=O) groups excluding carboxylic acids is 1. The molecular weight excluding hydrogens is 316 g/mol. The van der Waals surface area contributed by atoms with E-state index in [1.165, 1.54) is 25.7 Å². The molecule has 122 valence electrons. The van der Waals surface area contributed by atoms with Gasteiger partial charge in [-0.05, 0) is 31.9 Å². The number of para-hydroxylation sites is 1. The highest BCUT2D eigenvalue weighted by Gasteiger charge is 2.18. The van der Waals surface area contributed by atoms with Crippen LogP contribution in [0.2, 0.25) is 0 Å². The van der Waals surface area contributed by atoms with Crippen LogP contribution >= 0.6 is 11.8 Å². The first-order valence-corrected chi connectivity index (χ1v) is 10.3. The van der Waals surface area contributed by atoms with Gasteiger partial charge in [-0.2, -0.15) is 0 Å². The lowest BCUT2D eigenvalue weighted by Crippen LogP contribution is -2.39. The van der Waals surface area contributed by atoms with Crippen molar-refractivity contribution in [2.45, 2.75) is 48.8 Å². The van der Waals surface area contributed by atoms with E-state index in [4.69, 9.17) is 0 Å². The smallest absolute Gasteiger partial charge is 0.319 e. The summed E-state index contributed by atoms with van der Waals surface area (Å²) in [5, 5.41) is 6.41. The minimum absolute atomic E-state index is 0.111. The van der Waals surface area contributed by atoms with Crippen LogP contribution in [-0.4, -0.2) is 33.5 Å². The maximum absolute atomic E-state index is 12.1. The molecule has 0 saturated heterocycles. The van der Waals surface area contributed by atoms with Gasteiger partial charge in [-0.3, -0.25) is 4.21 Å². The largest absolute Gasteiger partial charge is 0.334 e. The summed E-state index contributed by atoms with van der Waals surface area (Å²) in [5.41, 5.74) is 0.849. The average molecular weight is 341 g/mol. The van der Waals surface area contributed by atoms with Gasteiger partial charge in [0.2, 0.25) is 0 Å². The van der Waals surface area contributed by atoms with Crippen molar-refractivity contribution in [1.29, 1.82) is 0 Å². The average Bonchev–Trinajstić information content (AvgIpc) is 2.92. The van der Waals surface area contributed by atoms with Crippen LogP contribution in [0.3, 0.4) is 0 Å². The summed E-state index contributed by atoms with van der Waals surface area (Å²) in [6.45, 7) is 1.86. The highest BCUT2D eigenvalue weighted by atomic mass is 32.2. The summed E-state index contributed by atoms with van der Waals surface area (Å²) in [6.07, 6.45) is 6.76. The van der Waals surface area contributed by atoms with Gasteiger partial charge in [0.05, 0.1) is 5.69 Å². The van der Waals surface area contributed by atoms with Crippen molar-refractivity contribution >= 4 is 34.3 Å². The predicted octanol–water partition coefficient (Wildman–Crippen LogP) is 3.61. The summed E-state index contributed by atoms with van der Waals surface area (Å²) in [5.74, 6) is 0.464. The highest BCUT2D eigenvalue weighted by Crippen LogP contribution is 2.37. The summed E-state index contributed by atoms with van der Waals surface area (Å²) in [7, 11) is -0.913. The third-order valence-electron chi connectivity index (χ3n) is 3.59. The molecule has 1 aliphatic carbocycles. The Morgan fingerprint density at radius 1 is 1.36 bits per heavy atom. The van der Waals surface area contributed by atoms with Gasteiger partial charge in [0.25, 0.3) is 0 Å². The van der Waals surface area contributed by atoms with Crippen molar-refractivity contribution < 1.29 is 9.00 Å². The van der Waals surface area contributed by atoms with E-state index in [1.54, 1.807) is 6.26 Å². The SMILES string of the molecule is CC(CS(C)=O)NC(=O)Nc1ccccc1SC1CCCC1. The molecule has 1 aromatic carbocycles. The van der Waals surface area contributed by atoms with Gasteiger partial charge in [-0.15, -0.1) is 11.8 Å². The summed E-state index contributed by atoms with van der Waals surface area (Å²) < 4.78 is 11.2. The van der Waals surface area contributed by atoms with Gasteiger partial charge in [0.1, 0.15) is 0 Å². The number of nitrogens with one attached hydrogen (secondary N) is 2. The predicted molar refractivity (Wildman–Crippen MR) is 95.1 cm³/mol. The summed E-state index contributed by atoms with van der Waals surface area (Å²) in [4.78, 5) is 13.2. The lowest BCUT2D eigenvalue weighted by atomic mass is 10.3. The van der Waals surface area contributed by atoms with Gasteiger partial charge in [0, 0.05) is 39.0 Å². The second-order valence-corrected chi connectivity index (χ2v) is 8.58. The van der Waals surface area contributed by atoms with Crippen molar-refractivity contribution in [2.75, 3.05) is 17.3 Å².